The van der Waals surface area contributed by atoms with E-state index in [0.717, 1.165) is 18.4 Å². The molecule has 1 aliphatic rings. The molecule has 1 amide bonds. The number of ketones is 1. The van der Waals surface area contributed by atoms with Crippen LogP contribution in [0.4, 0.5) is 0 Å². The Morgan fingerprint density at radius 2 is 1.52 bits per heavy atom. The van der Waals surface area contributed by atoms with Crippen molar-refractivity contribution in [3.63, 3.8) is 0 Å². The molecule has 1 saturated carbocycles. The normalized spacial score (nSPS) is 13.2. The van der Waals surface area contributed by atoms with Gasteiger partial charge in [0, 0.05) is 22.7 Å². The molecule has 0 aromatic heterocycles. The zero-order chi connectivity index (χ0) is 18.8. The third-order valence-corrected chi connectivity index (χ3v) is 4.67. The third kappa shape index (κ3) is 3.60. The Labute approximate surface area is 157 Å². The summed E-state index contributed by atoms with van der Waals surface area (Å²) in [6.45, 7) is 0. The van der Waals surface area contributed by atoms with E-state index in [4.69, 9.17) is 0 Å². The molecule has 27 heavy (non-hydrogen) atoms. The Morgan fingerprint density at radius 3 is 2.22 bits per heavy atom. The van der Waals surface area contributed by atoms with Crippen molar-refractivity contribution in [2.45, 2.75) is 18.9 Å². The topological polar surface area (TPSA) is 66.4 Å². The Hall–Kier alpha value is -3.40. The summed E-state index contributed by atoms with van der Waals surface area (Å²) >= 11 is 0. The minimum Gasteiger partial charge on any atom is -0.507 e. The van der Waals surface area contributed by atoms with Crippen LogP contribution in [0, 0.1) is 0 Å². The van der Waals surface area contributed by atoms with Crippen LogP contribution in [0.5, 0.6) is 5.75 Å². The third-order valence-electron chi connectivity index (χ3n) is 4.67. The molecule has 0 saturated heterocycles. The van der Waals surface area contributed by atoms with Crippen LogP contribution in [-0.2, 0) is 0 Å². The number of amides is 1. The maximum atomic E-state index is 13.1. The molecule has 3 aromatic rings. The number of benzene rings is 3. The average molecular weight is 357 g/mol. The van der Waals surface area contributed by atoms with E-state index in [1.807, 2.05) is 30.3 Å². The average Bonchev–Trinajstić information content (AvgIpc) is 3.52. The van der Waals surface area contributed by atoms with Gasteiger partial charge in [-0.2, -0.15) is 0 Å². The first kappa shape index (κ1) is 17.0. The SMILES string of the molecule is O=C(NC1CC1)c1ccccc1C(=O)c1ccc(O)c(-c2ccccc2)c1. The van der Waals surface area contributed by atoms with Gasteiger partial charge in [0.1, 0.15) is 5.75 Å². The van der Waals surface area contributed by atoms with Crippen LogP contribution in [0.15, 0.2) is 72.8 Å². The summed E-state index contributed by atoms with van der Waals surface area (Å²) in [7, 11) is 0. The molecule has 0 heterocycles. The molecule has 2 N–H and O–H groups in total. The first-order valence-electron chi connectivity index (χ1n) is 8.96. The minimum atomic E-state index is -0.242. The van der Waals surface area contributed by atoms with Gasteiger partial charge in [-0.3, -0.25) is 9.59 Å². The first-order chi connectivity index (χ1) is 13.1. The van der Waals surface area contributed by atoms with Crippen LogP contribution in [0.2, 0.25) is 0 Å². The van der Waals surface area contributed by atoms with Crippen molar-refractivity contribution in [2.75, 3.05) is 0 Å². The number of carbonyl (C=O) groups excluding carboxylic acids is 2. The van der Waals surface area contributed by atoms with Crippen molar-refractivity contribution in [1.82, 2.24) is 5.32 Å². The molecule has 4 rings (SSSR count). The molecule has 0 atom stereocenters. The maximum Gasteiger partial charge on any atom is 0.252 e. The lowest BCUT2D eigenvalue weighted by atomic mass is 9.94. The molecule has 1 aliphatic carbocycles. The summed E-state index contributed by atoms with van der Waals surface area (Å²) < 4.78 is 0. The summed E-state index contributed by atoms with van der Waals surface area (Å²) in [6.07, 6.45) is 1.97. The highest BCUT2D eigenvalue weighted by Gasteiger charge is 2.26. The predicted molar refractivity (Wildman–Crippen MR) is 104 cm³/mol. The fourth-order valence-corrected chi connectivity index (χ4v) is 3.05. The van der Waals surface area contributed by atoms with Gasteiger partial charge >= 0.3 is 0 Å². The number of phenolic OH excluding ortho intramolecular Hbond substituents is 1. The number of carbonyl (C=O) groups is 2. The molecule has 4 nitrogen and oxygen atoms in total. The monoisotopic (exact) mass is 357 g/mol. The fraction of sp³-hybridized carbons (Fsp3) is 0.130. The van der Waals surface area contributed by atoms with Gasteiger partial charge in [-0.15, -0.1) is 0 Å². The van der Waals surface area contributed by atoms with E-state index in [2.05, 4.69) is 5.32 Å². The van der Waals surface area contributed by atoms with Crippen molar-refractivity contribution in [1.29, 1.82) is 0 Å². The Morgan fingerprint density at radius 1 is 0.852 bits per heavy atom. The largest absolute Gasteiger partial charge is 0.507 e. The van der Waals surface area contributed by atoms with Gasteiger partial charge in [0.15, 0.2) is 5.78 Å². The molecular formula is C23H19NO3. The van der Waals surface area contributed by atoms with Gasteiger partial charge in [0.25, 0.3) is 5.91 Å². The van der Waals surface area contributed by atoms with Crippen molar-refractivity contribution in [3.05, 3.63) is 89.5 Å². The highest BCUT2D eigenvalue weighted by atomic mass is 16.3. The molecular weight excluding hydrogens is 338 g/mol. The Kier molecular flexibility index (Phi) is 4.47. The molecule has 134 valence electrons. The quantitative estimate of drug-likeness (QED) is 0.673. The van der Waals surface area contributed by atoms with Crippen molar-refractivity contribution in [3.8, 4) is 16.9 Å². The van der Waals surface area contributed by atoms with E-state index in [1.165, 1.54) is 6.07 Å². The predicted octanol–water partition coefficient (Wildman–Crippen LogP) is 4.18. The molecule has 0 unspecified atom stereocenters. The number of aromatic hydroxyl groups is 1. The van der Waals surface area contributed by atoms with Gasteiger partial charge < -0.3 is 10.4 Å². The minimum absolute atomic E-state index is 0.109. The first-order valence-corrected chi connectivity index (χ1v) is 8.96. The molecule has 4 heteroatoms. The summed E-state index contributed by atoms with van der Waals surface area (Å²) in [4.78, 5) is 25.6. The van der Waals surface area contributed by atoms with Gasteiger partial charge in [-0.1, -0.05) is 48.5 Å². The van der Waals surface area contributed by atoms with E-state index in [9.17, 15) is 14.7 Å². The fourth-order valence-electron chi connectivity index (χ4n) is 3.05. The van der Waals surface area contributed by atoms with E-state index in [0.29, 0.717) is 22.3 Å². The molecule has 0 radical (unpaired) electrons. The van der Waals surface area contributed by atoms with E-state index in [-0.39, 0.29) is 23.5 Å². The number of phenols is 1. The Balaban J connectivity index is 1.71. The van der Waals surface area contributed by atoms with Gasteiger partial charge in [0.2, 0.25) is 0 Å². The van der Waals surface area contributed by atoms with Crippen LogP contribution in [0.1, 0.15) is 39.1 Å². The number of hydrogen-bond donors (Lipinski definition) is 2. The molecule has 0 aliphatic heterocycles. The molecule has 0 bridgehead atoms. The molecule has 1 fully saturated rings. The van der Waals surface area contributed by atoms with Crippen LogP contribution >= 0.6 is 0 Å². The van der Waals surface area contributed by atoms with E-state index in [1.54, 1.807) is 36.4 Å². The van der Waals surface area contributed by atoms with Crippen LogP contribution in [-0.4, -0.2) is 22.8 Å². The standard InChI is InChI=1S/C23H19NO3/c25-21-13-10-16(14-20(21)15-6-2-1-3-7-15)22(26)18-8-4-5-9-19(18)23(27)24-17-11-12-17/h1-10,13-14,17,25H,11-12H2,(H,24,27). The smallest absolute Gasteiger partial charge is 0.252 e. The van der Waals surface area contributed by atoms with Crippen molar-refractivity contribution in [2.24, 2.45) is 0 Å². The molecule has 0 spiro atoms. The van der Waals surface area contributed by atoms with E-state index >= 15 is 0 Å². The summed E-state index contributed by atoms with van der Waals surface area (Å²) in [6, 6.07) is 21.2. The lowest BCUT2D eigenvalue weighted by molar-refractivity contribution is 0.0939. The van der Waals surface area contributed by atoms with Gasteiger partial charge in [-0.25, -0.2) is 0 Å². The maximum absolute atomic E-state index is 13.1. The highest BCUT2D eigenvalue weighted by molar-refractivity contribution is 6.15. The zero-order valence-corrected chi connectivity index (χ0v) is 14.7. The molecule has 3 aromatic carbocycles. The number of rotatable bonds is 5. The van der Waals surface area contributed by atoms with Crippen molar-refractivity contribution >= 4 is 11.7 Å². The second kappa shape index (κ2) is 7.08. The highest BCUT2D eigenvalue weighted by Crippen LogP contribution is 2.31. The van der Waals surface area contributed by atoms with Gasteiger partial charge in [0.05, 0.1) is 5.56 Å². The number of nitrogens with one attached hydrogen (secondary N) is 1. The van der Waals surface area contributed by atoms with E-state index < -0.39 is 0 Å². The van der Waals surface area contributed by atoms with Crippen LogP contribution in [0.3, 0.4) is 0 Å². The zero-order valence-electron chi connectivity index (χ0n) is 14.7. The summed E-state index contributed by atoms with van der Waals surface area (Å²) in [5, 5.41) is 13.1. The lowest BCUT2D eigenvalue weighted by Gasteiger charge is -2.11. The summed E-state index contributed by atoms with van der Waals surface area (Å²) in [5.74, 6) is -0.352. The second-order valence-corrected chi connectivity index (χ2v) is 6.72. The Bertz CT molecular complexity index is 1010. The van der Waals surface area contributed by atoms with Gasteiger partial charge in [-0.05, 0) is 42.7 Å². The lowest BCUT2D eigenvalue weighted by Crippen LogP contribution is -2.27. The second-order valence-electron chi connectivity index (χ2n) is 6.72. The summed E-state index contributed by atoms with van der Waals surface area (Å²) in [5.41, 5.74) is 2.58. The van der Waals surface area contributed by atoms with Crippen LogP contribution < -0.4 is 5.32 Å². The van der Waals surface area contributed by atoms with Crippen molar-refractivity contribution < 1.29 is 14.7 Å². The number of hydrogen-bond acceptors (Lipinski definition) is 3. The van der Waals surface area contributed by atoms with Crippen LogP contribution in [0.25, 0.3) is 11.1 Å².